The fraction of sp³-hybridized carbons (Fsp3) is 0.364. The van der Waals surface area contributed by atoms with E-state index in [1.165, 1.54) is 20.3 Å². The van der Waals surface area contributed by atoms with E-state index in [1.54, 1.807) is 6.07 Å². The van der Waals surface area contributed by atoms with Crippen molar-refractivity contribution >= 4 is 6.29 Å². The largest absolute Gasteiger partial charge is 0.493 e. The molecule has 0 heterocycles. The van der Waals surface area contributed by atoms with Crippen LogP contribution in [0.4, 0.5) is 0 Å². The Morgan fingerprint density at radius 2 is 1.94 bits per heavy atom. The highest BCUT2D eigenvalue weighted by Crippen LogP contribution is 2.31. The van der Waals surface area contributed by atoms with Crippen LogP contribution in [-0.4, -0.2) is 32.2 Å². The number of aliphatic hydroxyl groups is 1. The molecule has 0 spiro atoms. The van der Waals surface area contributed by atoms with Gasteiger partial charge < -0.3 is 20.3 Å². The van der Waals surface area contributed by atoms with E-state index >= 15 is 0 Å². The molecule has 5 nitrogen and oxygen atoms in total. The van der Waals surface area contributed by atoms with Gasteiger partial charge in [-0.1, -0.05) is 0 Å². The van der Waals surface area contributed by atoms with Gasteiger partial charge in [0.05, 0.1) is 26.9 Å². The van der Waals surface area contributed by atoms with E-state index in [0.717, 1.165) is 0 Å². The first-order chi connectivity index (χ1) is 7.67. The maximum Gasteiger partial charge on any atom is 0.161 e. The maximum atomic E-state index is 10.9. The summed E-state index contributed by atoms with van der Waals surface area (Å²) in [5.74, 6) is 0.936. The van der Waals surface area contributed by atoms with Crippen LogP contribution < -0.4 is 15.2 Å². The summed E-state index contributed by atoms with van der Waals surface area (Å²) in [5.41, 5.74) is 6.61. The smallest absolute Gasteiger partial charge is 0.161 e. The van der Waals surface area contributed by atoms with Crippen molar-refractivity contribution in [2.24, 2.45) is 5.73 Å². The molecule has 5 heteroatoms. The number of nitrogens with two attached hydrogens (primary N) is 1. The lowest BCUT2D eigenvalue weighted by molar-refractivity contribution is 0.112. The van der Waals surface area contributed by atoms with Crippen molar-refractivity contribution in [3.05, 3.63) is 23.3 Å². The van der Waals surface area contributed by atoms with Gasteiger partial charge in [-0.25, -0.2) is 0 Å². The summed E-state index contributed by atoms with van der Waals surface area (Å²) in [6.45, 7) is -0.240. The van der Waals surface area contributed by atoms with E-state index < -0.39 is 6.04 Å². The number of carbonyl (C=O) groups is 1. The topological polar surface area (TPSA) is 81.8 Å². The molecule has 0 saturated heterocycles. The molecule has 0 saturated carbocycles. The minimum Gasteiger partial charge on any atom is -0.493 e. The lowest BCUT2D eigenvalue weighted by atomic mass is 10.0. The maximum absolute atomic E-state index is 10.9. The molecule has 1 atom stereocenters. The van der Waals surface area contributed by atoms with Crippen LogP contribution in [0.5, 0.6) is 11.5 Å². The molecule has 0 aliphatic rings. The number of aldehydes is 1. The first-order valence-corrected chi connectivity index (χ1v) is 4.75. The molecule has 0 bridgehead atoms. The standard InChI is InChI=1S/C11H15NO4/c1-15-10-3-7(5-13)8(9(12)6-14)4-11(10)16-2/h3-5,9,14H,6,12H2,1-2H3. The van der Waals surface area contributed by atoms with E-state index in [9.17, 15) is 4.79 Å². The zero-order valence-corrected chi connectivity index (χ0v) is 9.27. The average Bonchev–Trinajstić information content (AvgIpc) is 2.35. The van der Waals surface area contributed by atoms with Gasteiger partial charge in [-0.3, -0.25) is 4.79 Å². The van der Waals surface area contributed by atoms with Gasteiger partial charge in [0, 0.05) is 5.56 Å². The molecule has 0 amide bonds. The van der Waals surface area contributed by atoms with Crippen molar-refractivity contribution in [2.45, 2.75) is 6.04 Å². The Hall–Kier alpha value is -1.59. The Morgan fingerprint density at radius 1 is 1.38 bits per heavy atom. The van der Waals surface area contributed by atoms with E-state index in [2.05, 4.69) is 0 Å². The van der Waals surface area contributed by atoms with Crippen LogP contribution in [-0.2, 0) is 0 Å². The fourth-order valence-electron chi connectivity index (χ4n) is 1.43. The number of carbonyl (C=O) groups excluding carboxylic acids is 1. The molecule has 88 valence electrons. The van der Waals surface area contributed by atoms with Gasteiger partial charge in [-0.2, -0.15) is 0 Å². The van der Waals surface area contributed by atoms with Crippen LogP contribution >= 0.6 is 0 Å². The zero-order chi connectivity index (χ0) is 12.1. The van der Waals surface area contributed by atoms with Gasteiger partial charge >= 0.3 is 0 Å². The summed E-state index contributed by atoms with van der Waals surface area (Å²) in [5, 5.41) is 8.99. The summed E-state index contributed by atoms with van der Waals surface area (Å²) in [7, 11) is 2.98. The molecule has 0 radical (unpaired) electrons. The van der Waals surface area contributed by atoms with Gasteiger partial charge in [0.15, 0.2) is 17.8 Å². The molecule has 0 aromatic heterocycles. The third-order valence-electron chi connectivity index (χ3n) is 2.31. The number of aliphatic hydroxyl groups excluding tert-OH is 1. The predicted molar refractivity (Wildman–Crippen MR) is 58.9 cm³/mol. The summed E-state index contributed by atoms with van der Waals surface area (Å²) in [4.78, 5) is 10.9. The second kappa shape index (κ2) is 5.48. The Balaban J connectivity index is 3.31. The summed E-state index contributed by atoms with van der Waals surface area (Å²) in [6.07, 6.45) is 0.673. The van der Waals surface area contributed by atoms with Crippen LogP contribution in [0.25, 0.3) is 0 Å². The predicted octanol–water partition coefficient (Wildman–Crippen LogP) is 0.508. The SMILES string of the molecule is COc1cc(C=O)c(C(N)CO)cc1OC. The number of benzene rings is 1. The van der Waals surface area contributed by atoms with Gasteiger partial charge in [0.2, 0.25) is 0 Å². The minimum atomic E-state index is -0.611. The van der Waals surface area contributed by atoms with Gasteiger partial charge in [0.25, 0.3) is 0 Å². The molecule has 0 aliphatic heterocycles. The van der Waals surface area contributed by atoms with E-state index in [4.69, 9.17) is 20.3 Å². The van der Waals surface area contributed by atoms with Gasteiger partial charge in [-0.15, -0.1) is 0 Å². The van der Waals surface area contributed by atoms with Crippen molar-refractivity contribution in [3.8, 4) is 11.5 Å². The molecule has 0 fully saturated rings. The highest BCUT2D eigenvalue weighted by Gasteiger charge is 2.15. The van der Waals surface area contributed by atoms with Crippen LogP contribution in [0, 0.1) is 0 Å². The Kier molecular flexibility index (Phi) is 4.28. The lowest BCUT2D eigenvalue weighted by Crippen LogP contribution is -2.16. The van der Waals surface area contributed by atoms with E-state index in [0.29, 0.717) is 28.9 Å². The van der Waals surface area contributed by atoms with E-state index in [1.807, 2.05) is 0 Å². The Labute approximate surface area is 93.8 Å². The average molecular weight is 225 g/mol. The number of hydrogen-bond acceptors (Lipinski definition) is 5. The van der Waals surface area contributed by atoms with Crippen LogP contribution in [0.1, 0.15) is 22.0 Å². The third-order valence-corrected chi connectivity index (χ3v) is 2.31. The molecule has 0 aliphatic carbocycles. The lowest BCUT2D eigenvalue weighted by Gasteiger charge is -2.15. The van der Waals surface area contributed by atoms with Gasteiger partial charge in [0.1, 0.15) is 0 Å². The normalized spacial score (nSPS) is 12.0. The van der Waals surface area contributed by atoms with Crippen LogP contribution in [0.15, 0.2) is 12.1 Å². The molecule has 1 aromatic rings. The highest BCUT2D eigenvalue weighted by atomic mass is 16.5. The van der Waals surface area contributed by atoms with Crippen molar-refractivity contribution in [2.75, 3.05) is 20.8 Å². The monoisotopic (exact) mass is 225 g/mol. The minimum absolute atomic E-state index is 0.240. The summed E-state index contributed by atoms with van der Waals surface area (Å²) >= 11 is 0. The third kappa shape index (κ3) is 2.32. The highest BCUT2D eigenvalue weighted by molar-refractivity contribution is 5.79. The van der Waals surface area contributed by atoms with Crippen molar-refractivity contribution in [1.29, 1.82) is 0 Å². The first-order valence-electron chi connectivity index (χ1n) is 4.75. The Morgan fingerprint density at radius 3 is 2.38 bits per heavy atom. The molecule has 3 N–H and O–H groups in total. The number of rotatable bonds is 5. The Bertz CT molecular complexity index is 378. The van der Waals surface area contributed by atoms with Crippen LogP contribution in [0.2, 0.25) is 0 Å². The molecule has 1 aromatic carbocycles. The molecule has 1 unspecified atom stereocenters. The van der Waals surface area contributed by atoms with Crippen molar-refractivity contribution < 1.29 is 19.4 Å². The number of methoxy groups -OCH3 is 2. The van der Waals surface area contributed by atoms with E-state index in [-0.39, 0.29) is 6.61 Å². The van der Waals surface area contributed by atoms with Crippen molar-refractivity contribution in [1.82, 2.24) is 0 Å². The molecular weight excluding hydrogens is 210 g/mol. The second-order valence-electron chi connectivity index (χ2n) is 3.24. The van der Waals surface area contributed by atoms with Crippen molar-refractivity contribution in [3.63, 3.8) is 0 Å². The van der Waals surface area contributed by atoms with Gasteiger partial charge in [-0.05, 0) is 17.7 Å². The number of ether oxygens (including phenoxy) is 2. The molecular formula is C11H15NO4. The number of hydrogen-bond donors (Lipinski definition) is 2. The second-order valence-corrected chi connectivity index (χ2v) is 3.24. The fourth-order valence-corrected chi connectivity index (χ4v) is 1.43. The molecule has 16 heavy (non-hydrogen) atoms. The summed E-state index contributed by atoms with van der Waals surface area (Å²) < 4.78 is 10.2. The summed E-state index contributed by atoms with van der Waals surface area (Å²) in [6, 6.07) is 2.53. The first kappa shape index (κ1) is 12.5. The van der Waals surface area contributed by atoms with Crippen LogP contribution in [0.3, 0.4) is 0 Å². The zero-order valence-electron chi connectivity index (χ0n) is 9.27. The molecule has 1 rings (SSSR count). The quantitative estimate of drug-likeness (QED) is 0.713.